The van der Waals surface area contributed by atoms with Gasteiger partial charge in [0.1, 0.15) is 11.0 Å². The minimum atomic E-state index is -0.175. The third-order valence-corrected chi connectivity index (χ3v) is 6.13. The van der Waals surface area contributed by atoms with Crippen LogP contribution in [0.15, 0.2) is 24.3 Å². The molecule has 1 fully saturated rings. The molecule has 1 atom stereocenters. The Morgan fingerprint density at radius 2 is 2.07 bits per heavy atom. The Kier molecular flexibility index (Phi) is 6.56. The van der Waals surface area contributed by atoms with E-state index in [1.165, 1.54) is 7.11 Å². The van der Waals surface area contributed by atoms with Crippen LogP contribution in [0.5, 0.6) is 5.75 Å². The Balaban J connectivity index is 1.83. The second-order valence-electron chi connectivity index (χ2n) is 6.18. The molecular formula is C18H24N4O3S2. The maximum absolute atomic E-state index is 11.8. The maximum atomic E-state index is 11.8. The number of thioether (sulfide) groups is 1. The lowest BCUT2D eigenvalue weighted by molar-refractivity contribution is -0.140. The second kappa shape index (κ2) is 8.90. The largest absolute Gasteiger partial charge is 0.497 e. The highest BCUT2D eigenvalue weighted by molar-refractivity contribution is 8.00. The lowest BCUT2D eigenvalue weighted by Gasteiger charge is -2.30. The van der Waals surface area contributed by atoms with Crippen LogP contribution in [-0.2, 0) is 22.7 Å². The summed E-state index contributed by atoms with van der Waals surface area (Å²) in [5, 5.41) is 4.60. The number of methoxy groups -OCH3 is 2. The molecule has 1 aliphatic heterocycles. The number of aromatic nitrogens is 3. The van der Waals surface area contributed by atoms with Gasteiger partial charge in [-0.2, -0.15) is 5.10 Å². The molecule has 0 bridgehead atoms. The fraction of sp³-hybridized carbons (Fsp3) is 0.500. The third-order valence-electron chi connectivity index (χ3n) is 4.54. The highest BCUT2D eigenvalue weighted by Crippen LogP contribution is 2.23. The van der Waals surface area contributed by atoms with E-state index in [9.17, 15) is 4.79 Å². The molecule has 3 rings (SSSR count). The van der Waals surface area contributed by atoms with Gasteiger partial charge in [0.2, 0.25) is 0 Å². The first-order valence-corrected chi connectivity index (χ1v) is 10.3. The van der Waals surface area contributed by atoms with E-state index in [0.717, 1.165) is 36.0 Å². The predicted molar refractivity (Wildman–Crippen MR) is 109 cm³/mol. The van der Waals surface area contributed by atoms with E-state index in [1.54, 1.807) is 18.9 Å². The van der Waals surface area contributed by atoms with E-state index < -0.39 is 0 Å². The standard InChI is InChI=1S/C18H24N4O3S2/c1-4-21-16(13-5-7-14(24-2)8-6-13)19-22(18(21)26)12-20-9-10-27-15(11-20)17(23)25-3/h5-8,15H,4,9-12H2,1-3H3/t15-/m1/s1. The van der Waals surface area contributed by atoms with E-state index in [1.807, 2.05) is 33.5 Å². The van der Waals surface area contributed by atoms with Gasteiger partial charge in [0.15, 0.2) is 10.6 Å². The molecule has 0 saturated carbocycles. The first kappa shape index (κ1) is 19.9. The van der Waals surface area contributed by atoms with Crippen molar-refractivity contribution in [2.45, 2.75) is 25.4 Å². The Hall–Kier alpha value is -1.84. The normalized spacial score (nSPS) is 17.7. The molecule has 1 aromatic heterocycles. The summed E-state index contributed by atoms with van der Waals surface area (Å²) in [7, 11) is 3.08. The molecule has 1 aromatic carbocycles. The van der Waals surface area contributed by atoms with Crippen molar-refractivity contribution >= 4 is 29.9 Å². The number of carbonyl (C=O) groups is 1. The van der Waals surface area contributed by atoms with Crippen LogP contribution in [0.2, 0.25) is 0 Å². The number of nitrogens with zero attached hydrogens (tertiary/aromatic N) is 4. The van der Waals surface area contributed by atoms with Crippen molar-refractivity contribution in [3.8, 4) is 17.1 Å². The van der Waals surface area contributed by atoms with Crippen LogP contribution in [-0.4, -0.2) is 63.5 Å². The van der Waals surface area contributed by atoms with Crippen molar-refractivity contribution in [1.29, 1.82) is 0 Å². The molecular weight excluding hydrogens is 384 g/mol. The van der Waals surface area contributed by atoms with Crippen LogP contribution in [0.25, 0.3) is 11.4 Å². The molecule has 0 aliphatic carbocycles. The summed E-state index contributed by atoms with van der Waals surface area (Å²) in [6.45, 7) is 4.87. The molecule has 0 amide bonds. The molecule has 146 valence electrons. The van der Waals surface area contributed by atoms with Crippen molar-refractivity contribution < 1.29 is 14.3 Å². The SMILES string of the molecule is CCn1c(-c2ccc(OC)cc2)nn(CN2CCS[C@@H](C(=O)OC)C2)c1=S. The number of carbonyl (C=O) groups excluding carboxylic acids is 1. The minimum Gasteiger partial charge on any atom is -0.497 e. The zero-order chi connectivity index (χ0) is 19.4. The summed E-state index contributed by atoms with van der Waals surface area (Å²) in [6.07, 6.45) is 0. The van der Waals surface area contributed by atoms with Gasteiger partial charge in [0.05, 0.1) is 20.9 Å². The van der Waals surface area contributed by atoms with Gasteiger partial charge in [0.25, 0.3) is 0 Å². The second-order valence-corrected chi connectivity index (χ2v) is 7.86. The molecule has 0 spiro atoms. The number of ether oxygens (including phenoxy) is 2. The molecule has 9 heteroatoms. The van der Waals surface area contributed by atoms with E-state index >= 15 is 0 Å². The topological polar surface area (TPSA) is 61.5 Å². The number of hydrogen-bond acceptors (Lipinski definition) is 7. The van der Waals surface area contributed by atoms with E-state index in [2.05, 4.69) is 11.8 Å². The van der Waals surface area contributed by atoms with Gasteiger partial charge in [-0.15, -0.1) is 11.8 Å². The van der Waals surface area contributed by atoms with Gasteiger partial charge in [-0.1, -0.05) is 0 Å². The minimum absolute atomic E-state index is 0.160. The molecule has 0 radical (unpaired) electrons. The Labute approximate surface area is 168 Å². The monoisotopic (exact) mass is 408 g/mol. The third kappa shape index (κ3) is 4.36. The molecule has 2 aromatic rings. The van der Waals surface area contributed by atoms with Crippen LogP contribution in [0, 0.1) is 4.77 Å². The molecule has 0 unspecified atom stereocenters. The van der Waals surface area contributed by atoms with Crippen molar-refractivity contribution in [3.63, 3.8) is 0 Å². The smallest absolute Gasteiger partial charge is 0.320 e. The van der Waals surface area contributed by atoms with Gasteiger partial charge >= 0.3 is 5.97 Å². The van der Waals surface area contributed by atoms with Gasteiger partial charge in [0, 0.05) is 31.0 Å². The van der Waals surface area contributed by atoms with Gasteiger partial charge in [-0.3, -0.25) is 9.69 Å². The highest BCUT2D eigenvalue weighted by atomic mass is 32.2. The first-order valence-electron chi connectivity index (χ1n) is 8.81. The molecule has 27 heavy (non-hydrogen) atoms. The van der Waals surface area contributed by atoms with Crippen molar-refractivity contribution in [2.75, 3.05) is 33.1 Å². The molecule has 2 heterocycles. The van der Waals surface area contributed by atoms with Crippen molar-refractivity contribution in [2.24, 2.45) is 0 Å². The van der Waals surface area contributed by atoms with Crippen LogP contribution in [0.1, 0.15) is 6.92 Å². The summed E-state index contributed by atoms with van der Waals surface area (Å²) >= 11 is 7.29. The number of benzene rings is 1. The van der Waals surface area contributed by atoms with E-state index in [0.29, 0.717) is 18.0 Å². The highest BCUT2D eigenvalue weighted by Gasteiger charge is 2.27. The van der Waals surface area contributed by atoms with E-state index in [4.69, 9.17) is 26.8 Å². The lowest BCUT2D eigenvalue weighted by atomic mass is 10.2. The Bertz CT molecular complexity index is 847. The quantitative estimate of drug-likeness (QED) is 0.538. The van der Waals surface area contributed by atoms with Gasteiger partial charge in [-0.25, -0.2) is 4.68 Å². The van der Waals surface area contributed by atoms with Crippen LogP contribution in [0.3, 0.4) is 0 Å². The number of esters is 1. The summed E-state index contributed by atoms with van der Waals surface area (Å²) in [5.41, 5.74) is 0.990. The zero-order valence-corrected chi connectivity index (χ0v) is 17.4. The lowest BCUT2D eigenvalue weighted by Crippen LogP contribution is -2.42. The summed E-state index contributed by atoms with van der Waals surface area (Å²) < 4.78 is 14.7. The molecule has 7 nitrogen and oxygen atoms in total. The fourth-order valence-corrected chi connectivity index (χ4v) is 4.58. The average molecular weight is 409 g/mol. The number of hydrogen-bond donors (Lipinski definition) is 0. The van der Waals surface area contributed by atoms with Crippen LogP contribution < -0.4 is 4.74 Å². The molecule has 1 aliphatic rings. The van der Waals surface area contributed by atoms with Crippen molar-refractivity contribution in [3.05, 3.63) is 29.0 Å². The Morgan fingerprint density at radius 1 is 1.33 bits per heavy atom. The van der Waals surface area contributed by atoms with Gasteiger partial charge in [-0.05, 0) is 43.4 Å². The zero-order valence-electron chi connectivity index (χ0n) is 15.8. The fourth-order valence-electron chi connectivity index (χ4n) is 3.07. The van der Waals surface area contributed by atoms with Gasteiger partial charge < -0.3 is 14.0 Å². The van der Waals surface area contributed by atoms with E-state index in [-0.39, 0.29) is 11.2 Å². The van der Waals surface area contributed by atoms with Crippen LogP contribution >= 0.6 is 24.0 Å². The van der Waals surface area contributed by atoms with Crippen molar-refractivity contribution in [1.82, 2.24) is 19.2 Å². The summed E-state index contributed by atoms with van der Waals surface area (Å²) in [6, 6.07) is 7.80. The average Bonchev–Trinajstić information content (AvgIpc) is 3.03. The predicted octanol–water partition coefficient (Wildman–Crippen LogP) is 2.66. The first-order chi connectivity index (χ1) is 13.1. The maximum Gasteiger partial charge on any atom is 0.320 e. The summed E-state index contributed by atoms with van der Waals surface area (Å²) in [4.78, 5) is 14.0. The van der Waals surface area contributed by atoms with Crippen LogP contribution in [0.4, 0.5) is 0 Å². The molecule has 0 N–H and O–H groups in total. The Morgan fingerprint density at radius 3 is 2.70 bits per heavy atom. The molecule has 1 saturated heterocycles. The number of rotatable bonds is 6. The summed E-state index contributed by atoms with van der Waals surface area (Å²) in [5.74, 6) is 2.35.